The van der Waals surface area contributed by atoms with Crippen molar-refractivity contribution in [2.75, 3.05) is 30.4 Å². The van der Waals surface area contributed by atoms with E-state index >= 15 is 0 Å². The van der Waals surface area contributed by atoms with Crippen LogP contribution in [0, 0.1) is 5.82 Å². The monoisotopic (exact) mass is 367 g/mol. The predicted octanol–water partition coefficient (Wildman–Crippen LogP) is 3.46. The van der Waals surface area contributed by atoms with Crippen molar-refractivity contribution in [1.29, 1.82) is 0 Å². The van der Waals surface area contributed by atoms with Crippen molar-refractivity contribution >= 4 is 11.8 Å². The van der Waals surface area contributed by atoms with Crippen LogP contribution in [0.15, 0.2) is 34.9 Å². The maximum atomic E-state index is 13.6. The fourth-order valence-corrected chi connectivity index (χ4v) is 3.28. The van der Waals surface area contributed by atoms with Gasteiger partial charge in [-0.15, -0.1) is 0 Å². The van der Waals surface area contributed by atoms with Gasteiger partial charge in [0.05, 0.1) is 6.54 Å². The average molecular weight is 367 g/mol. The highest BCUT2D eigenvalue weighted by Gasteiger charge is 2.26. The lowest BCUT2D eigenvalue weighted by Gasteiger charge is -2.28. The summed E-state index contributed by atoms with van der Waals surface area (Å²) < 4.78 is 19.2. The molecule has 0 fully saturated rings. The molecule has 1 aromatic carbocycles. The van der Waals surface area contributed by atoms with Crippen molar-refractivity contribution in [2.45, 2.75) is 26.3 Å². The number of aromatic nitrogens is 3. The van der Waals surface area contributed by atoms with Gasteiger partial charge in [-0.25, -0.2) is 9.37 Å². The minimum absolute atomic E-state index is 0.282. The van der Waals surface area contributed by atoms with Crippen LogP contribution in [0.2, 0.25) is 0 Å². The lowest BCUT2D eigenvalue weighted by molar-refractivity contribution is 0.378. The molecule has 0 radical (unpaired) electrons. The first-order chi connectivity index (χ1) is 13.0. The predicted molar refractivity (Wildman–Crippen MR) is 102 cm³/mol. The summed E-state index contributed by atoms with van der Waals surface area (Å²) in [6, 6.07) is 8.49. The first-order valence-corrected chi connectivity index (χ1v) is 9.08. The summed E-state index contributed by atoms with van der Waals surface area (Å²) in [5.74, 6) is 2.17. The topological polar surface area (TPSA) is 58.3 Å². The van der Waals surface area contributed by atoms with Crippen LogP contribution in [0.1, 0.15) is 23.9 Å². The van der Waals surface area contributed by atoms with Crippen molar-refractivity contribution < 1.29 is 8.91 Å². The van der Waals surface area contributed by atoms with E-state index in [9.17, 15) is 4.39 Å². The molecule has 7 heteroatoms. The molecule has 0 amide bonds. The number of rotatable bonds is 4. The number of hydrogen-bond acceptors (Lipinski definition) is 6. The second kappa shape index (κ2) is 6.98. The minimum atomic E-state index is -0.282. The van der Waals surface area contributed by atoms with Crippen LogP contribution < -0.4 is 9.80 Å². The van der Waals surface area contributed by atoms with Gasteiger partial charge in [0.25, 0.3) is 0 Å². The first-order valence-electron chi connectivity index (χ1n) is 9.08. The molecule has 0 atom stereocenters. The van der Waals surface area contributed by atoms with E-state index in [0.29, 0.717) is 18.2 Å². The molecule has 0 aliphatic carbocycles. The van der Waals surface area contributed by atoms with Crippen molar-refractivity contribution in [3.63, 3.8) is 0 Å². The molecule has 1 aliphatic heterocycles. The molecule has 0 saturated heterocycles. The Balaban J connectivity index is 1.69. The van der Waals surface area contributed by atoms with Crippen molar-refractivity contribution in [1.82, 2.24) is 15.1 Å². The zero-order valence-corrected chi connectivity index (χ0v) is 15.7. The van der Waals surface area contributed by atoms with Crippen molar-refractivity contribution in [2.24, 2.45) is 0 Å². The van der Waals surface area contributed by atoms with Crippen LogP contribution in [0.3, 0.4) is 0 Å². The molecule has 2 aromatic heterocycles. The maximum absolute atomic E-state index is 13.6. The molecule has 0 spiro atoms. The largest absolute Gasteiger partial charge is 0.360 e. The maximum Gasteiger partial charge on any atom is 0.227 e. The molecule has 1 aliphatic rings. The van der Waals surface area contributed by atoms with Crippen LogP contribution in [0.25, 0.3) is 11.3 Å². The highest BCUT2D eigenvalue weighted by atomic mass is 19.1. The van der Waals surface area contributed by atoms with E-state index < -0.39 is 0 Å². The third-order valence-electron chi connectivity index (χ3n) is 4.77. The van der Waals surface area contributed by atoms with Crippen molar-refractivity contribution in [3.8, 4) is 11.3 Å². The molecule has 0 bridgehead atoms. The normalized spacial score (nSPS) is 13.6. The van der Waals surface area contributed by atoms with Gasteiger partial charge in [-0.1, -0.05) is 24.2 Å². The summed E-state index contributed by atoms with van der Waals surface area (Å²) in [5.41, 5.74) is 3.43. The summed E-state index contributed by atoms with van der Waals surface area (Å²) in [6.07, 6.45) is 1.58. The molecule has 0 unspecified atom stereocenters. The number of fused-ring (bicyclic) bond motifs is 1. The second-order valence-corrected chi connectivity index (χ2v) is 6.88. The van der Waals surface area contributed by atoms with Crippen LogP contribution in [-0.2, 0) is 19.4 Å². The average Bonchev–Trinajstić information content (AvgIpc) is 3.10. The van der Waals surface area contributed by atoms with Gasteiger partial charge in [-0.3, -0.25) is 0 Å². The number of halogens is 1. The first kappa shape index (κ1) is 17.5. The van der Waals surface area contributed by atoms with E-state index in [-0.39, 0.29) is 5.82 Å². The van der Waals surface area contributed by atoms with Crippen LogP contribution >= 0.6 is 0 Å². The molecule has 140 valence electrons. The Morgan fingerprint density at radius 3 is 2.81 bits per heavy atom. The Bertz CT molecular complexity index is 969. The van der Waals surface area contributed by atoms with Crippen LogP contribution in [0.5, 0.6) is 0 Å². The summed E-state index contributed by atoms with van der Waals surface area (Å²) in [6.45, 7) is 3.50. The van der Waals surface area contributed by atoms with E-state index in [0.717, 1.165) is 47.8 Å². The number of benzene rings is 1. The quantitative estimate of drug-likeness (QED) is 0.704. The van der Waals surface area contributed by atoms with Gasteiger partial charge < -0.3 is 14.3 Å². The minimum Gasteiger partial charge on any atom is -0.360 e. The fraction of sp³-hybridized carbons (Fsp3) is 0.350. The Morgan fingerprint density at radius 1 is 1.22 bits per heavy atom. The molecule has 27 heavy (non-hydrogen) atoms. The second-order valence-electron chi connectivity index (χ2n) is 6.88. The van der Waals surface area contributed by atoms with Gasteiger partial charge in [0, 0.05) is 49.9 Å². The van der Waals surface area contributed by atoms with Crippen molar-refractivity contribution in [3.05, 3.63) is 53.2 Å². The Hall–Kier alpha value is -2.96. The standard InChI is InChI=1S/C20H22FN5O/c1-4-15-11-18(23-20(22-15)25(2)3)26-9-8-17-16(12-26)19(24-27-17)13-6-5-7-14(21)10-13/h5-7,10-11H,4,8-9,12H2,1-3H3. The third-order valence-corrected chi connectivity index (χ3v) is 4.77. The van der Waals surface area contributed by atoms with Crippen LogP contribution in [-0.4, -0.2) is 35.8 Å². The van der Waals surface area contributed by atoms with Gasteiger partial charge in [0.1, 0.15) is 23.1 Å². The zero-order valence-electron chi connectivity index (χ0n) is 15.7. The van der Waals surface area contributed by atoms with E-state index in [1.165, 1.54) is 12.1 Å². The van der Waals surface area contributed by atoms with E-state index in [2.05, 4.69) is 22.0 Å². The van der Waals surface area contributed by atoms with E-state index in [1.807, 2.05) is 31.1 Å². The highest BCUT2D eigenvalue weighted by Crippen LogP contribution is 2.32. The molecular formula is C20H22FN5O. The summed E-state index contributed by atoms with van der Waals surface area (Å²) in [7, 11) is 3.88. The molecule has 0 saturated carbocycles. The number of anilines is 2. The smallest absolute Gasteiger partial charge is 0.227 e. The van der Waals surface area contributed by atoms with Gasteiger partial charge >= 0.3 is 0 Å². The number of nitrogens with zero attached hydrogens (tertiary/aromatic N) is 5. The Kier molecular flexibility index (Phi) is 4.51. The molecule has 6 nitrogen and oxygen atoms in total. The molecule has 3 aromatic rings. The molecule has 0 N–H and O–H groups in total. The van der Waals surface area contributed by atoms with Gasteiger partial charge in [-0.2, -0.15) is 4.98 Å². The SMILES string of the molecule is CCc1cc(N2CCc3onc(-c4cccc(F)c4)c3C2)nc(N(C)C)n1. The summed E-state index contributed by atoms with van der Waals surface area (Å²) in [5, 5.41) is 4.21. The van der Waals surface area contributed by atoms with Crippen LogP contribution in [0.4, 0.5) is 16.2 Å². The third kappa shape index (κ3) is 3.37. The van der Waals surface area contributed by atoms with E-state index in [1.54, 1.807) is 6.07 Å². The lowest BCUT2D eigenvalue weighted by Crippen LogP contribution is -2.31. The fourth-order valence-electron chi connectivity index (χ4n) is 3.28. The van der Waals surface area contributed by atoms with Gasteiger partial charge in [-0.05, 0) is 18.6 Å². The Labute approximate surface area is 157 Å². The highest BCUT2D eigenvalue weighted by molar-refractivity contribution is 5.65. The molecular weight excluding hydrogens is 345 g/mol. The molecule has 4 rings (SSSR count). The summed E-state index contributed by atoms with van der Waals surface area (Å²) >= 11 is 0. The lowest BCUT2D eigenvalue weighted by atomic mass is 10.0. The van der Waals surface area contributed by atoms with Gasteiger partial charge in [0.2, 0.25) is 5.95 Å². The zero-order chi connectivity index (χ0) is 19.0. The number of aryl methyl sites for hydroxylation is 1. The van der Waals surface area contributed by atoms with Gasteiger partial charge in [0.15, 0.2) is 0 Å². The number of hydrogen-bond donors (Lipinski definition) is 0. The summed E-state index contributed by atoms with van der Waals surface area (Å²) in [4.78, 5) is 13.4. The molecule has 3 heterocycles. The Morgan fingerprint density at radius 2 is 2.07 bits per heavy atom. The van der Waals surface area contributed by atoms with E-state index in [4.69, 9.17) is 9.51 Å².